The Labute approximate surface area is 227 Å². The summed E-state index contributed by atoms with van der Waals surface area (Å²) >= 11 is 5.48. The Morgan fingerprint density at radius 2 is 1.84 bits per heavy atom. The molecule has 8 heteroatoms. The first kappa shape index (κ1) is 24.4. The first-order valence-electron chi connectivity index (χ1n) is 13.2. The maximum Gasteiger partial charge on any atom is 0.263 e. The number of aryl methyl sites for hydroxylation is 1. The van der Waals surface area contributed by atoms with Gasteiger partial charge in [-0.3, -0.25) is 15.6 Å². The van der Waals surface area contributed by atoms with Crippen LogP contribution in [-0.2, 0) is 18.4 Å². The van der Waals surface area contributed by atoms with Gasteiger partial charge in [0, 0.05) is 11.0 Å². The van der Waals surface area contributed by atoms with Gasteiger partial charge in [-0.25, -0.2) is 9.55 Å². The zero-order valence-corrected chi connectivity index (χ0v) is 22.2. The fraction of sp³-hybridized carbons (Fsp3) is 0.300. The molecule has 0 radical (unpaired) electrons. The first-order chi connectivity index (χ1) is 18.6. The molecule has 0 bridgehead atoms. The van der Waals surface area contributed by atoms with Gasteiger partial charge in [0.25, 0.3) is 5.56 Å². The van der Waals surface area contributed by atoms with Crippen LogP contribution in [0.3, 0.4) is 0 Å². The van der Waals surface area contributed by atoms with E-state index < -0.39 is 0 Å². The van der Waals surface area contributed by atoms with Gasteiger partial charge in [-0.15, -0.1) is 0 Å². The lowest BCUT2D eigenvalue weighted by Gasteiger charge is -2.42. The van der Waals surface area contributed by atoms with E-state index in [1.807, 2.05) is 49.4 Å². The van der Waals surface area contributed by atoms with Crippen molar-refractivity contribution in [3.63, 3.8) is 0 Å². The summed E-state index contributed by atoms with van der Waals surface area (Å²) in [5, 5.41) is 3.48. The molecule has 2 aromatic carbocycles. The molecule has 38 heavy (non-hydrogen) atoms. The molecule has 0 atom stereocenters. The zero-order chi connectivity index (χ0) is 26.1. The standard InChI is InChI=1S/C30H31N5O2S/c1-20-10-3-6-14-24(20)35-27(36)25-26(32-28(35)33-34-29(38)31-19-22-12-9-17-37-22)23-13-5-4-11-21(23)18-30(25)15-7-2-8-16-30/h3-6,9-14,17H,2,7-8,15-16,18-19H2,1H3,(H,32,33)(H2,31,34,38). The molecule has 2 aliphatic carbocycles. The summed E-state index contributed by atoms with van der Waals surface area (Å²) in [6.45, 7) is 2.46. The second-order valence-electron chi connectivity index (χ2n) is 10.3. The topological polar surface area (TPSA) is 84.1 Å². The molecule has 1 spiro atoms. The fourth-order valence-corrected chi connectivity index (χ4v) is 6.19. The summed E-state index contributed by atoms with van der Waals surface area (Å²) < 4.78 is 7.08. The highest BCUT2D eigenvalue weighted by atomic mass is 32.1. The van der Waals surface area contributed by atoms with Gasteiger partial charge < -0.3 is 9.73 Å². The van der Waals surface area contributed by atoms with Crippen LogP contribution in [0.5, 0.6) is 0 Å². The van der Waals surface area contributed by atoms with E-state index in [1.165, 1.54) is 12.0 Å². The van der Waals surface area contributed by atoms with Crippen molar-refractivity contribution < 1.29 is 4.42 Å². The Kier molecular flexibility index (Phi) is 6.49. The van der Waals surface area contributed by atoms with Gasteiger partial charge in [-0.2, -0.15) is 0 Å². The van der Waals surface area contributed by atoms with Gasteiger partial charge in [0.05, 0.1) is 29.8 Å². The van der Waals surface area contributed by atoms with Crippen molar-refractivity contribution in [2.45, 2.75) is 57.4 Å². The smallest absolute Gasteiger partial charge is 0.263 e. The molecule has 2 aliphatic rings. The molecule has 0 saturated heterocycles. The molecule has 2 aromatic heterocycles. The van der Waals surface area contributed by atoms with Crippen LogP contribution in [0.1, 0.15) is 54.6 Å². The van der Waals surface area contributed by atoms with Crippen LogP contribution in [0.4, 0.5) is 5.95 Å². The minimum Gasteiger partial charge on any atom is -0.467 e. The Morgan fingerprint density at radius 3 is 2.63 bits per heavy atom. The first-order valence-corrected chi connectivity index (χ1v) is 13.6. The number of nitrogens with one attached hydrogen (secondary N) is 3. The van der Waals surface area contributed by atoms with Crippen LogP contribution in [0.2, 0.25) is 0 Å². The van der Waals surface area contributed by atoms with E-state index in [0.29, 0.717) is 17.6 Å². The Balaban J connectivity index is 1.46. The number of hydrazine groups is 1. The number of benzene rings is 2. The molecule has 0 amide bonds. The van der Waals surface area contributed by atoms with Gasteiger partial charge in [-0.1, -0.05) is 61.7 Å². The highest BCUT2D eigenvalue weighted by molar-refractivity contribution is 7.80. The van der Waals surface area contributed by atoms with E-state index in [0.717, 1.165) is 65.9 Å². The van der Waals surface area contributed by atoms with E-state index in [1.54, 1.807) is 10.8 Å². The predicted octanol–water partition coefficient (Wildman–Crippen LogP) is 5.55. The van der Waals surface area contributed by atoms with Crippen molar-refractivity contribution in [2.75, 3.05) is 5.43 Å². The van der Waals surface area contributed by atoms with Gasteiger partial charge in [-0.05, 0) is 67.7 Å². The maximum atomic E-state index is 14.6. The monoisotopic (exact) mass is 525 g/mol. The minimum absolute atomic E-state index is 0.0144. The average Bonchev–Trinajstić information content (AvgIpc) is 3.46. The molecule has 1 saturated carbocycles. The van der Waals surface area contributed by atoms with Crippen LogP contribution in [0.15, 0.2) is 76.1 Å². The Morgan fingerprint density at radius 1 is 1.05 bits per heavy atom. The van der Waals surface area contributed by atoms with Crippen molar-refractivity contribution >= 4 is 23.3 Å². The van der Waals surface area contributed by atoms with Crippen LogP contribution >= 0.6 is 12.2 Å². The van der Waals surface area contributed by atoms with E-state index in [2.05, 4.69) is 34.4 Å². The number of nitrogens with zero attached hydrogens (tertiary/aromatic N) is 2. The molecule has 7 nitrogen and oxygen atoms in total. The van der Waals surface area contributed by atoms with Crippen LogP contribution in [0, 0.1) is 6.92 Å². The number of para-hydroxylation sites is 1. The zero-order valence-electron chi connectivity index (χ0n) is 21.4. The lowest BCUT2D eigenvalue weighted by Crippen LogP contribution is -2.45. The number of thiocarbonyl (C=S) groups is 1. The fourth-order valence-electron chi connectivity index (χ4n) is 6.07. The molecule has 0 unspecified atom stereocenters. The summed E-state index contributed by atoms with van der Waals surface area (Å²) in [4.78, 5) is 19.7. The van der Waals surface area contributed by atoms with Gasteiger partial charge in [0.15, 0.2) is 5.11 Å². The molecule has 2 heterocycles. The van der Waals surface area contributed by atoms with E-state index >= 15 is 0 Å². The molecule has 6 rings (SSSR count). The quantitative estimate of drug-likeness (QED) is 0.233. The highest BCUT2D eigenvalue weighted by Gasteiger charge is 2.43. The van der Waals surface area contributed by atoms with Crippen LogP contribution in [-0.4, -0.2) is 14.7 Å². The Bertz CT molecular complexity index is 1540. The molecular formula is C30H31N5O2S. The number of anilines is 1. The van der Waals surface area contributed by atoms with Crippen molar-refractivity contribution in [1.29, 1.82) is 0 Å². The van der Waals surface area contributed by atoms with Crippen molar-refractivity contribution in [2.24, 2.45) is 0 Å². The molecular weight excluding hydrogens is 494 g/mol. The summed E-state index contributed by atoms with van der Waals surface area (Å²) in [5.41, 5.74) is 11.7. The molecule has 3 N–H and O–H groups in total. The summed E-state index contributed by atoms with van der Waals surface area (Å²) in [6, 6.07) is 20.0. The lowest BCUT2D eigenvalue weighted by atomic mass is 9.62. The third kappa shape index (κ3) is 4.39. The lowest BCUT2D eigenvalue weighted by molar-refractivity contribution is 0.284. The summed E-state index contributed by atoms with van der Waals surface area (Å²) in [5.74, 6) is 1.17. The third-order valence-electron chi connectivity index (χ3n) is 7.87. The molecule has 0 aliphatic heterocycles. The molecule has 4 aromatic rings. The SMILES string of the molecule is Cc1ccccc1-n1c(NNC(=S)NCc2ccco2)nc2c(c1=O)C1(CCCCC1)Cc1ccccc1-2. The minimum atomic E-state index is -0.192. The molecule has 1 fully saturated rings. The highest BCUT2D eigenvalue weighted by Crippen LogP contribution is 2.48. The number of aromatic nitrogens is 2. The van der Waals surface area contributed by atoms with E-state index in [9.17, 15) is 4.79 Å². The van der Waals surface area contributed by atoms with Gasteiger partial charge in [0.2, 0.25) is 5.95 Å². The number of hydrogen-bond acceptors (Lipinski definition) is 5. The van der Waals surface area contributed by atoms with Crippen LogP contribution < -0.4 is 21.7 Å². The molecule has 194 valence electrons. The number of furan rings is 1. The van der Waals surface area contributed by atoms with Gasteiger partial charge >= 0.3 is 0 Å². The predicted molar refractivity (Wildman–Crippen MR) is 153 cm³/mol. The van der Waals surface area contributed by atoms with E-state index in [4.69, 9.17) is 21.6 Å². The van der Waals surface area contributed by atoms with Crippen LogP contribution in [0.25, 0.3) is 16.9 Å². The average molecular weight is 526 g/mol. The number of hydrogen-bond donors (Lipinski definition) is 3. The summed E-state index contributed by atoms with van der Waals surface area (Å²) in [7, 11) is 0. The third-order valence-corrected chi connectivity index (χ3v) is 8.12. The summed E-state index contributed by atoms with van der Waals surface area (Å²) in [6.07, 6.45) is 7.98. The number of rotatable bonds is 5. The second kappa shape index (κ2) is 10.1. The largest absolute Gasteiger partial charge is 0.467 e. The second-order valence-corrected chi connectivity index (χ2v) is 10.7. The maximum absolute atomic E-state index is 14.6. The Hall–Kier alpha value is -3.91. The normalized spacial score (nSPS) is 15.4. The van der Waals surface area contributed by atoms with Gasteiger partial charge in [0.1, 0.15) is 5.76 Å². The van der Waals surface area contributed by atoms with Crippen molar-refractivity contribution in [3.05, 3.63) is 99.7 Å². The van der Waals surface area contributed by atoms with Crippen molar-refractivity contribution in [1.82, 2.24) is 20.3 Å². The van der Waals surface area contributed by atoms with Crippen molar-refractivity contribution in [3.8, 4) is 16.9 Å². The van der Waals surface area contributed by atoms with E-state index in [-0.39, 0.29) is 11.0 Å². The number of fused-ring (bicyclic) bond motifs is 4.